The predicted octanol–water partition coefficient (Wildman–Crippen LogP) is 4.31. The average molecular weight is 543 g/mol. The van der Waals surface area contributed by atoms with Gasteiger partial charge in [-0.25, -0.2) is 8.78 Å². The topological polar surface area (TPSA) is 114 Å². The summed E-state index contributed by atoms with van der Waals surface area (Å²) in [6, 6.07) is 6.17. The molecular weight excluding hydrogens is 506 g/mol. The van der Waals surface area contributed by atoms with Crippen LogP contribution < -0.4 is 16.4 Å². The zero-order valence-electron chi connectivity index (χ0n) is 22.6. The lowest BCUT2D eigenvalue weighted by atomic mass is 9.88. The number of fused-ring (bicyclic) bond motifs is 1. The number of nitrogen functional groups attached to an aromatic ring is 1. The van der Waals surface area contributed by atoms with E-state index in [1.54, 1.807) is 18.2 Å². The minimum Gasteiger partial charge on any atom is -0.399 e. The van der Waals surface area contributed by atoms with Crippen LogP contribution in [0.1, 0.15) is 63.6 Å². The number of ether oxygens (including phenoxy) is 1. The van der Waals surface area contributed by atoms with Gasteiger partial charge in [0.25, 0.3) is 5.91 Å². The van der Waals surface area contributed by atoms with Crippen molar-refractivity contribution < 1.29 is 27.9 Å². The fourth-order valence-electron chi connectivity index (χ4n) is 5.11. The minimum atomic E-state index is -1.17. The molecule has 0 radical (unpaired) electrons. The molecule has 10 heteroatoms. The molecule has 2 aliphatic heterocycles. The number of carbonyl (C=O) groups is 3. The standard InChI is InChI=1S/C29H36F2N4O4/c1-29(2,3)12-9-23(36)33-24(17-10-13-39-14-11-17)28(38)35-16-18-15-19(32)7-8-20(18)26(35)27(37)34-25-21(30)5-4-6-22(25)31/h4-8,15,17,24,26H,9-14,16,32H2,1-3H3,(H,33,36)(H,34,37)/t24-,26+/m0/s1. The van der Waals surface area contributed by atoms with E-state index >= 15 is 0 Å². The van der Waals surface area contributed by atoms with Gasteiger partial charge in [0, 0.05) is 31.9 Å². The summed E-state index contributed by atoms with van der Waals surface area (Å²) in [5.74, 6) is -3.49. The Bertz CT molecular complexity index is 1220. The molecule has 0 spiro atoms. The number of hydrogen-bond donors (Lipinski definition) is 3. The highest BCUT2D eigenvalue weighted by atomic mass is 19.1. The van der Waals surface area contributed by atoms with Crippen molar-refractivity contribution >= 4 is 29.1 Å². The third kappa shape index (κ3) is 6.73. The molecule has 1 fully saturated rings. The van der Waals surface area contributed by atoms with E-state index in [4.69, 9.17) is 10.5 Å². The highest BCUT2D eigenvalue weighted by Gasteiger charge is 2.43. The number of hydrogen-bond acceptors (Lipinski definition) is 5. The number of nitrogens with one attached hydrogen (secondary N) is 2. The first-order valence-corrected chi connectivity index (χ1v) is 13.3. The Balaban J connectivity index is 1.64. The largest absolute Gasteiger partial charge is 0.399 e. The molecule has 0 bridgehead atoms. The number of amides is 3. The summed E-state index contributed by atoms with van der Waals surface area (Å²) < 4.78 is 34.2. The fraction of sp³-hybridized carbons (Fsp3) is 0.483. The Morgan fingerprint density at radius 2 is 1.77 bits per heavy atom. The molecule has 1 saturated heterocycles. The Morgan fingerprint density at radius 3 is 2.41 bits per heavy atom. The highest BCUT2D eigenvalue weighted by Crippen LogP contribution is 2.38. The van der Waals surface area contributed by atoms with Crippen LogP contribution in [0.25, 0.3) is 0 Å². The second-order valence-corrected chi connectivity index (χ2v) is 11.5. The minimum absolute atomic E-state index is 0.0583. The maximum absolute atomic E-state index is 14.4. The molecule has 4 N–H and O–H groups in total. The zero-order chi connectivity index (χ0) is 28.3. The van der Waals surface area contributed by atoms with Gasteiger partial charge in [-0.15, -0.1) is 0 Å². The van der Waals surface area contributed by atoms with E-state index in [9.17, 15) is 23.2 Å². The van der Waals surface area contributed by atoms with Crippen LogP contribution >= 0.6 is 0 Å². The van der Waals surface area contributed by atoms with Crippen LogP contribution in [0.4, 0.5) is 20.2 Å². The van der Waals surface area contributed by atoms with E-state index in [1.807, 2.05) is 20.8 Å². The molecule has 2 heterocycles. The normalized spacial score (nSPS) is 18.4. The van der Waals surface area contributed by atoms with E-state index in [0.29, 0.717) is 49.3 Å². The van der Waals surface area contributed by atoms with Gasteiger partial charge in [0.15, 0.2) is 0 Å². The van der Waals surface area contributed by atoms with Crippen LogP contribution in [0.15, 0.2) is 36.4 Å². The molecule has 210 valence electrons. The highest BCUT2D eigenvalue weighted by molar-refractivity contribution is 6.00. The fourth-order valence-corrected chi connectivity index (χ4v) is 5.11. The second kappa shape index (κ2) is 11.7. The van der Waals surface area contributed by atoms with Gasteiger partial charge in [-0.05, 0) is 66.0 Å². The molecule has 2 aromatic rings. The second-order valence-electron chi connectivity index (χ2n) is 11.5. The number of carbonyl (C=O) groups excluding carboxylic acids is 3. The van der Waals surface area contributed by atoms with E-state index in [0.717, 1.165) is 12.1 Å². The molecule has 8 nitrogen and oxygen atoms in total. The summed E-state index contributed by atoms with van der Waals surface area (Å²) in [5.41, 5.74) is 6.95. The molecule has 0 saturated carbocycles. The van der Waals surface area contributed by atoms with Crippen molar-refractivity contribution in [3.05, 3.63) is 59.2 Å². The Morgan fingerprint density at radius 1 is 1.10 bits per heavy atom. The number of nitrogens with two attached hydrogens (primary N) is 1. The smallest absolute Gasteiger partial charge is 0.252 e. The van der Waals surface area contributed by atoms with E-state index in [-0.39, 0.29) is 30.2 Å². The monoisotopic (exact) mass is 542 g/mol. The van der Waals surface area contributed by atoms with Crippen LogP contribution in [0.2, 0.25) is 0 Å². The van der Waals surface area contributed by atoms with E-state index in [1.165, 1.54) is 11.0 Å². The van der Waals surface area contributed by atoms with Crippen LogP contribution in [0, 0.1) is 23.0 Å². The molecule has 2 aromatic carbocycles. The van der Waals surface area contributed by atoms with Crippen molar-refractivity contribution in [2.45, 2.75) is 65.1 Å². The Labute approximate surface area is 227 Å². The lowest BCUT2D eigenvalue weighted by molar-refractivity contribution is -0.144. The van der Waals surface area contributed by atoms with Gasteiger partial charge in [-0.3, -0.25) is 14.4 Å². The number of benzene rings is 2. The molecule has 39 heavy (non-hydrogen) atoms. The maximum Gasteiger partial charge on any atom is 0.252 e. The number of para-hydroxylation sites is 1. The van der Waals surface area contributed by atoms with Gasteiger partial charge < -0.3 is 26.0 Å². The molecule has 0 aromatic heterocycles. The maximum atomic E-state index is 14.4. The van der Waals surface area contributed by atoms with Gasteiger partial charge >= 0.3 is 0 Å². The summed E-state index contributed by atoms with van der Waals surface area (Å²) >= 11 is 0. The zero-order valence-corrected chi connectivity index (χ0v) is 22.6. The predicted molar refractivity (Wildman–Crippen MR) is 143 cm³/mol. The summed E-state index contributed by atoms with van der Waals surface area (Å²) in [6.45, 7) is 7.09. The van der Waals surface area contributed by atoms with E-state index < -0.39 is 41.2 Å². The van der Waals surface area contributed by atoms with Crippen molar-refractivity contribution in [3.63, 3.8) is 0 Å². The molecule has 0 unspecified atom stereocenters. The van der Waals surface area contributed by atoms with E-state index in [2.05, 4.69) is 10.6 Å². The summed E-state index contributed by atoms with van der Waals surface area (Å²) in [6.07, 6.45) is 2.03. The van der Waals surface area contributed by atoms with Crippen molar-refractivity contribution in [2.24, 2.45) is 11.3 Å². The van der Waals surface area contributed by atoms with Crippen molar-refractivity contribution in [3.8, 4) is 0 Å². The number of halogens is 2. The molecule has 4 rings (SSSR count). The number of rotatable bonds is 7. The first kappa shape index (κ1) is 28.5. The lowest BCUT2D eigenvalue weighted by Crippen LogP contribution is -2.54. The van der Waals surface area contributed by atoms with Crippen LogP contribution in [-0.4, -0.2) is 41.9 Å². The Hall–Kier alpha value is -3.53. The third-order valence-electron chi connectivity index (χ3n) is 7.28. The molecule has 3 amide bonds. The number of nitrogens with zero attached hydrogens (tertiary/aromatic N) is 1. The van der Waals surface area contributed by atoms with Crippen LogP contribution in [-0.2, 0) is 25.7 Å². The summed E-state index contributed by atoms with van der Waals surface area (Å²) in [5, 5.41) is 5.27. The first-order valence-electron chi connectivity index (χ1n) is 13.3. The summed E-state index contributed by atoms with van der Waals surface area (Å²) in [4.78, 5) is 42.0. The van der Waals surface area contributed by atoms with Crippen LogP contribution in [0.5, 0.6) is 0 Å². The molecule has 0 aliphatic carbocycles. The van der Waals surface area contributed by atoms with Gasteiger partial charge in [0.2, 0.25) is 11.8 Å². The van der Waals surface area contributed by atoms with Gasteiger partial charge in [-0.2, -0.15) is 0 Å². The molecule has 2 aliphatic rings. The number of anilines is 2. The van der Waals surface area contributed by atoms with Crippen molar-refractivity contribution in [1.29, 1.82) is 0 Å². The Kier molecular flexibility index (Phi) is 8.54. The quantitative estimate of drug-likeness (QED) is 0.452. The lowest BCUT2D eigenvalue weighted by Gasteiger charge is -2.35. The van der Waals surface area contributed by atoms with Gasteiger partial charge in [0.1, 0.15) is 29.4 Å². The van der Waals surface area contributed by atoms with Gasteiger partial charge in [-0.1, -0.05) is 32.9 Å². The van der Waals surface area contributed by atoms with Crippen molar-refractivity contribution in [2.75, 3.05) is 24.3 Å². The van der Waals surface area contributed by atoms with Crippen molar-refractivity contribution in [1.82, 2.24) is 10.2 Å². The van der Waals surface area contributed by atoms with Gasteiger partial charge in [0.05, 0.1) is 0 Å². The van der Waals surface area contributed by atoms with Crippen LogP contribution in [0.3, 0.4) is 0 Å². The average Bonchev–Trinajstić information content (AvgIpc) is 3.26. The first-order chi connectivity index (χ1) is 18.4. The third-order valence-corrected chi connectivity index (χ3v) is 7.28. The SMILES string of the molecule is CC(C)(C)CCC(=O)N[C@H](C(=O)N1Cc2cc(N)ccc2[C@@H]1C(=O)Nc1c(F)cccc1F)C1CCOCC1. The molecule has 2 atom stereocenters. The summed E-state index contributed by atoms with van der Waals surface area (Å²) in [7, 11) is 0. The molecular formula is C29H36F2N4O4.